The minimum Gasteiger partial charge on any atom is -0.508 e. The van der Waals surface area contributed by atoms with Gasteiger partial charge in [0.1, 0.15) is 23.8 Å². The topological polar surface area (TPSA) is 159 Å². The normalized spacial score (nSPS) is 20.0. The predicted octanol–water partition coefficient (Wildman–Crippen LogP) is 4.57. The maximum absolute atomic E-state index is 14.8. The number of rotatable bonds is 12. The summed E-state index contributed by atoms with van der Waals surface area (Å²) in [6.07, 6.45) is 6.62. The molecule has 3 N–H and O–H groups in total. The van der Waals surface area contributed by atoms with Crippen molar-refractivity contribution in [3.8, 4) is 5.75 Å². The number of hydrazine groups is 1. The van der Waals surface area contributed by atoms with Gasteiger partial charge in [-0.2, -0.15) is 0 Å². The van der Waals surface area contributed by atoms with Gasteiger partial charge in [-0.05, 0) is 53.8 Å². The van der Waals surface area contributed by atoms with Crippen molar-refractivity contribution in [3.63, 3.8) is 0 Å². The molecule has 0 spiro atoms. The molecule has 4 saturated heterocycles. The number of piperidine rings is 1. The van der Waals surface area contributed by atoms with Crippen LogP contribution in [0.1, 0.15) is 39.9 Å². The average Bonchev–Trinajstić information content (AvgIpc) is 3.68. The molecule has 3 aromatic carbocycles. The van der Waals surface area contributed by atoms with Crippen LogP contribution in [0.15, 0.2) is 110 Å². The van der Waals surface area contributed by atoms with Crippen LogP contribution < -0.4 is 15.5 Å². The molecule has 16 heteroatoms. The summed E-state index contributed by atoms with van der Waals surface area (Å²) in [6.45, 7) is 9.88. The van der Waals surface area contributed by atoms with Crippen molar-refractivity contribution >= 4 is 46.2 Å². The molecule has 2 aromatic heterocycles. The fraction of sp³-hybridized carbons (Fsp3) is 0.367. The molecule has 4 aliphatic heterocycles. The summed E-state index contributed by atoms with van der Waals surface area (Å²) in [5.74, 6) is 0.136. The Hall–Kier alpha value is -6.75. The van der Waals surface area contributed by atoms with Crippen molar-refractivity contribution in [2.24, 2.45) is 7.05 Å². The molecule has 16 nitrogen and oxygen atoms in total. The van der Waals surface area contributed by atoms with E-state index in [1.807, 2.05) is 72.3 Å². The van der Waals surface area contributed by atoms with E-state index in [1.54, 1.807) is 62.6 Å². The van der Waals surface area contributed by atoms with Gasteiger partial charge in [0, 0.05) is 76.9 Å². The number of nitrogens with one attached hydrogen (secondary N) is 2. The molecule has 1 unspecified atom stereocenters. The lowest BCUT2D eigenvalue weighted by Crippen LogP contribution is -2.76. The maximum Gasteiger partial charge on any atom is 0.334 e. The zero-order valence-electron chi connectivity index (χ0n) is 36.7. The van der Waals surface area contributed by atoms with Crippen molar-refractivity contribution in [2.45, 2.75) is 50.6 Å². The second-order valence-corrected chi connectivity index (χ2v) is 17.2. The van der Waals surface area contributed by atoms with Crippen LogP contribution >= 0.6 is 0 Å². The standard InChI is InChI=1S/C49H56N10O6/c1-3-20-57-33-45(61)58-42(27-34-12-15-39(60)16-13-34)48(63)56(32-44(58)59(57)49(64)51-28-35-8-5-4-6-9-35)30-36-10-7-11-40-41(31-53(2)46(36)40)47(62)52-37-14-17-43(50-29-37)55-21-18-38(19-22-55)54-23-25-65-26-24-54/h3-17,29,31,38,42,44,60H,1,18-28,30,32-33H2,2H3,(H,51,64)(H,52,62)/t42-,44?/m0/s1. The van der Waals surface area contributed by atoms with Crippen LogP contribution in [-0.2, 0) is 40.9 Å². The van der Waals surface area contributed by atoms with Crippen molar-refractivity contribution in [1.29, 1.82) is 0 Å². The average molecular weight is 881 g/mol. The highest BCUT2D eigenvalue weighted by Crippen LogP contribution is 2.32. The van der Waals surface area contributed by atoms with E-state index < -0.39 is 18.2 Å². The van der Waals surface area contributed by atoms with E-state index >= 15 is 0 Å². The maximum atomic E-state index is 14.8. The van der Waals surface area contributed by atoms with E-state index in [4.69, 9.17) is 9.72 Å². The van der Waals surface area contributed by atoms with Crippen molar-refractivity contribution in [2.75, 3.05) is 69.2 Å². The molecule has 2 atom stereocenters. The van der Waals surface area contributed by atoms with Crippen LogP contribution in [0.25, 0.3) is 10.9 Å². The van der Waals surface area contributed by atoms with Gasteiger partial charge in [-0.1, -0.05) is 66.7 Å². The number of phenols is 1. The number of hydrogen-bond acceptors (Lipinski definition) is 10. The first-order valence-corrected chi connectivity index (χ1v) is 22.4. The summed E-state index contributed by atoms with van der Waals surface area (Å²) >= 11 is 0. The molecule has 5 aromatic rings. The molecule has 338 valence electrons. The second kappa shape index (κ2) is 19.2. The number of phenolic OH excluding ortho intramolecular Hbond substituents is 1. The van der Waals surface area contributed by atoms with E-state index in [1.165, 1.54) is 0 Å². The number of anilines is 2. The van der Waals surface area contributed by atoms with Crippen LogP contribution in [0.3, 0.4) is 0 Å². The lowest BCUT2D eigenvalue weighted by Gasteiger charge is -2.55. The molecule has 4 aliphatic rings. The molecule has 0 saturated carbocycles. The third-order valence-electron chi connectivity index (χ3n) is 13.1. The number of aryl methyl sites for hydroxylation is 1. The van der Waals surface area contributed by atoms with E-state index in [0.717, 1.165) is 80.3 Å². The van der Waals surface area contributed by atoms with Gasteiger partial charge in [-0.3, -0.25) is 19.3 Å². The summed E-state index contributed by atoms with van der Waals surface area (Å²) in [7, 11) is 1.88. The van der Waals surface area contributed by atoms with Gasteiger partial charge in [-0.15, -0.1) is 6.58 Å². The number of hydrogen-bond donors (Lipinski definition) is 3. The smallest absolute Gasteiger partial charge is 0.334 e. The molecule has 6 heterocycles. The predicted molar refractivity (Wildman–Crippen MR) is 247 cm³/mol. The first kappa shape index (κ1) is 43.5. The number of morpholine rings is 1. The lowest BCUT2D eigenvalue weighted by molar-refractivity contribution is -0.189. The molecular formula is C49H56N10O6. The highest BCUT2D eigenvalue weighted by molar-refractivity contribution is 6.13. The van der Waals surface area contributed by atoms with E-state index in [-0.39, 0.29) is 62.6 Å². The number of carbonyl (C=O) groups is 4. The number of urea groups is 1. The van der Waals surface area contributed by atoms with Crippen LogP contribution in [0.5, 0.6) is 5.75 Å². The Labute approximate surface area is 378 Å². The van der Waals surface area contributed by atoms with Crippen molar-refractivity contribution in [1.82, 2.24) is 39.6 Å². The number of fused-ring (bicyclic) bond motifs is 2. The third kappa shape index (κ3) is 9.28. The molecule has 0 bridgehead atoms. The number of piperazine rings is 1. The van der Waals surface area contributed by atoms with Crippen molar-refractivity contribution < 1.29 is 29.0 Å². The fourth-order valence-corrected chi connectivity index (χ4v) is 9.87. The van der Waals surface area contributed by atoms with Gasteiger partial charge in [0.15, 0.2) is 0 Å². The van der Waals surface area contributed by atoms with Gasteiger partial charge >= 0.3 is 6.03 Å². The number of aromatic nitrogens is 2. The molecule has 9 rings (SSSR count). The second-order valence-electron chi connectivity index (χ2n) is 17.2. The molecule has 65 heavy (non-hydrogen) atoms. The quantitative estimate of drug-likeness (QED) is 0.152. The number of pyridine rings is 1. The molecule has 0 radical (unpaired) electrons. The Bertz CT molecular complexity index is 2520. The highest BCUT2D eigenvalue weighted by Gasteiger charge is 2.51. The number of aromatic hydroxyl groups is 1. The molecule has 0 aliphatic carbocycles. The first-order valence-electron chi connectivity index (χ1n) is 22.4. The Morgan fingerprint density at radius 2 is 1.69 bits per heavy atom. The van der Waals surface area contributed by atoms with E-state index in [2.05, 4.69) is 27.0 Å². The number of para-hydroxylation sites is 1. The highest BCUT2D eigenvalue weighted by atomic mass is 16.5. The van der Waals surface area contributed by atoms with Crippen molar-refractivity contribution in [3.05, 3.63) is 132 Å². The number of benzene rings is 3. The summed E-state index contributed by atoms with van der Waals surface area (Å²) < 4.78 is 7.44. The largest absolute Gasteiger partial charge is 0.508 e. The fourth-order valence-electron chi connectivity index (χ4n) is 9.87. The van der Waals surface area contributed by atoms with Gasteiger partial charge in [0.2, 0.25) is 11.8 Å². The van der Waals surface area contributed by atoms with Gasteiger partial charge in [-0.25, -0.2) is 19.8 Å². The van der Waals surface area contributed by atoms with Gasteiger partial charge in [0.05, 0.1) is 49.3 Å². The summed E-state index contributed by atoms with van der Waals surface area (Å²) in [5, 5.41) is 20.0. The summed E-state index contributed by atoms with van der Waals surface area (Å²) in [4.78, 5) is 70.0. The molecule has 5 amide bonds. The number of nitrogens with zero attached hydrogens (tertiary/aromatic N) is 8. The molecular weight excluding hydrogens is 825 g/mol. The van der Waals surface area contributed by atoms with Gasteiger partial charge in [0.25, 0.3) is 5.91 Å². The minimum absolute atomic E-state index is 0.0338. The third-order valence-corrected chi connectivity index (χ3v) is 13.1. The zero-order chi connectivity index (χ0) is 45.0. The van der Waals surface area contributed by atoms with Crippen LogP contribution in [0.4, 0.5) is 16.3 Å². The lowest BCUT2D eigenvalue weighted by atomic mass is 9.98. The SMILES string of the molecule is C=CCN1CC(=O)N2C(CN(Cc3cccc4c(C(=O)Nc5ccc(N6CCC(N7CCOCC7)CC6)nc5)cn(C)c34)C(=O)[C@@H]2Cc2ccc(O)cc2)N1C(=O)NCc1ccccc1. The first-order chi connectivity index (χ1) is 31.6. The number of ether oxygens (including phenoxy) is 1. The monoisotopic (exact) mass is 880 g/mol. The number of carbonyl (C=O) groups excluding carboxylic acids is 4. The summed E-state index contributed by atoms with van der Waals surface area (Å²) in [6, 6.07) is 24.9. The van der Waals surface area contributed by atoms with Crippen LogP contribution in [0, 0.1) is 0 Å². The molecule has 4 fully saturated rings. The van der Waals surface area contributed by atoms with Gasteiger partial charge < -0.3 is 39.7 Å². The Morgan fingerprint density at radius 1 is 0.923 bits per heavy atom. The Kier molecular flexibility index (Phi) is 12.8. The number of amides is 5. The zero-order valence-corrected chi connectivity index (χ0v) is 36.7. The Balaban J connectivity index is 0.950. The minimum atomic E-state index is -0.947. The van der Waals surface area contributed by atoms with Crippen LogP contribution in [0.2, 0.25) is 0 Å². The summed E-state index contributed by atoms with van der Waals surface area (Å²) in [5.41, 5.74) is 4.29. The van der Waals surface area contributed by atoms with E-state index in [9.17, 15) is 24.3 Å². The Morgan fingerprint density at radius 3 is 2.42 bits per heavy atom. The van der Waals surface area contributed by atoms with Crippen LogP contribution in [-0.4, -0.2) is 140 Å². The van der Waals surface area contributed by atoms with E-state index in [0.29, 0.717) is 22.7 Å².